The Morgan fingerprint density at radius 3 is 2.38 bits per heavy atom. The van der Waals surface area contributed by atoms with Gasteiger partial charge in [0.15, 0.2) is 6.61 Å². The first-order chi connectivity index (χ1) is 16.0. The van der Waals surface area contributed by atoms with Gasteiger partial charge in [-0.05, 0) is 43.2 Å². The molecule has 10 nitrogen and oxygen atoms in total. The fourth-order valence-electron chi connectivity index (χ4n) is 3.96. The molecular formula is C23H23N3O7S. The van der Waals surface area contributed by atoms with E-state index in [9.17, 15) is 27.6 Å². The predicted molar refractivity (Wildman–Crippen MR) is 122 cm³/mol. The second kappa shape index (κ2) is 8.90. The molecule has 2 atom stereocenters. The zero-order chi connectivity index (χ0) is 24.6. The van der Waals surface area contributed by atoms with Crippen LogP contribution in [0.25, 0.3) is 0 Å². The molecule has 0 saturated heterocycles. The standard InChI is InChI=1S/C23H23N3O7S/c1-13(14-7-8-19-17(11-14)25-20(27)12-33-19)24-21(28)18(9-10-34(2,31)32)26-22(29)15-5-3-4-6-16(15)23(26)30/h3-8,11,13,18H,9-10,12H2,1-2H3,(H,24,28)(H,25,27). The number of nitrogens with zero attached hydrogens (tertiary/aromatic N) is 1. The monoisotopic (exact) mass is 485 g/mol. The lowest BCUT2D eigenvalue weighted by Gasteiger charge is -2.27. The van der Waals surface area contributed by atoms with Crippen molar-refractivity contribution in [3.63, 3.8) is 0 Å². The molecule has 2 aliphatic rings. The molecule has 0 bridgehead atoms. The summed E-state index contributed by atoms with van der Waals surface area (Å²) in [5.74, 6) is -2.13. The van der Waals surface area contributed by atoms with Gasteiger partial charge in [-0.25, -0.2) is 8.42 Å². The molecule has 0 radical (unpaired) electrons. The molecule has 0 aliphatic carbocycles. The third-order valence-electron chi connectivity index (χ3n) is 5.70. The summed E-state index contributed by atoms with van der Waals surface area (Å²) in [4.78, 5) is 51.6. The van der Waals surface area contributed by atoms with Crippen molar-refractivity contribution in [3.05, 3.63) is 59.2 Å². The highest BCUT2D eigenvalue weighted by molar-refractivity contribution is 7.90. The van der Waals surface area contributed by atoms with Gasteiger partial charge in [0, 0.05) is 6.26 Å². The van der Waals surface area contributed by atoms with E-state index in [1.807, 2.05) is 0 Å². The summed E-state index contributed by atoms with van der Waals surface area (Å²) in [5.41, 5.74) is 1.44. The van der Waals surface area contributed by atoms with E-state index in [4.69, 9.17) is 4.74 Å². The Labute approximate surface area is 196 Å². The molecule has 0 saturated carbocycles. The highest BCUT2D eigenvalue weighted by Crippen LogP contribution is 2.31. The molecule has 4 rings (SSSR count). The Bertz CT molecular complexity index is 1270. The number of fused-ring (bicyclic) bond motifs is 2. The Morgan fingerprint density at radius 1 is 1.12 bits per heavy atom. The summed E-state index contributed by atoms with van der Waals surface area (Å²) in [6.45, 7) is 1.61. The van der Waals surface area contributed by atoms with Gasteiger partial charge in [0.05, 0.1) is 28.6 Å². The van der Waals surface area contributed by atoms with Crippen molar-refractivity contribution in [3.8, 4) is 5.75 Å². The number of imide groups is 1. The van der Waals surface area contributed by atoms with Crippen LogP contribution in [0.5, 0.6) is 5.75 Å². The normalized spacial score (nSPS) is 16.8. The minimum Gasteiger partial charge on any atom is -0.482 e. The summed E-state index contributed by atoms with van der Waals surface area (Å²) >= 11 is 0. The molecule has 4 amide bonds. The van der Waals surface area contributed by atoms with Gasteiger partial charge < -0.3 is 15.4 Å². The largest absolute Gasteiger partial charge is 0.482 e. The van der Waals surface area contributed by atoms with Gasteiger partial charge >= 0.3 is 0 Å². The summed E-state index contributed by atoms with van der Waals surface area (Å²) in [6.07, 6.45) is 0.785. The van der Waals surface area contributed by atoms with E-state index in [2.05, 4.69) is 10.6 Å². The van der Waals surface area contributed by atoms with Crippen LogP contribution in [-0.2, 0) is 19.4 Å². The first-order valence-corrected chi connectivity index (χ1v) is 12.6. The van der Waals surface area contributed by atoms with E-state index in [-0.39, 0.29) is 35.8 Å². The SMILES string of the molecule is CC(NC(=O)C(CCS(C)(=O)=O)N1C(=O)c2ccccc2C1=O)c1ccc2c(c1)NC(=O)CO2. The molecule has 2 aliphatic heterocycles. The zero-order valence-corrected chi connectivity index (χ0v) is 19.3. The molecule has 0 aromatic heterocycles. The van der Waals surface area contributed by atoms with Crippen LogP contribution in [0.15, 0.2) is 42.5 Å². The Kier molecular flexibility index (Phi) is 6.13. The minimum atomic E-state index is -3.46. The van der Waals surface area contributed by atoms with E-state index in [1.165, 1.54) is 12.1 Å². The summed E-state index contributed by atoms with van der Waals surface area (Å²) in [5, 5.41) is 5.46. The molecular weight excluding hydrogens is 462 g/mol. The van der Waals surface area contributed by atoms with Crippen LogP contribution in [0.4, 0.5) is 5.69 Å². The topological polar surface area (TPSA) is 139 Å². The number of hydrogen-bond donors (Lipinski definition) is 2. The lowest BCUT2D eigenvalue weighted by molar-refractivity contribution is -0.125. The van der Waals surface area contributed by atoms with Crippen LogP contribution in [0.1, 0.15) is 45.7 Å². The van der Waals surface area contributed by atoms with Gasteiger partial charge in [0.25, 0.3) is 17.7 Å². The van der Waals surface area contributed by atoms with Crippen LogP contribution < -0.4 is 15.4 Å². The van der Waals surface area contributed by atoms with Crippen molar-refractivity contribution in [2.75, 3.05) is 23.9 Å². The lowest BCUT2D eigenvalue weighted by Crippen LogP contribution is -2.50. The quantitative estimate of drug-likeness (QED) is 0.564. The van der Waals surface area contributed by atoms with Crippen molar-refractivity contribution < 1.29 is 32.3 Å². The van der Waals surface area contributed by atoms with Gasteiger partial charge in [-0.15, -0.1) is 0 Å². The Morgan fingerprint density at radius 2 is 1.76 bits per heavy atom. The molecule has 0 fully saturated rings. The smallest absolute Gasteiger partial charge is 0.262 e. The number of nitrogens with one attached hydrogen (secondary N) is 2. The van der Waals surface area contributed by atoms with Crippen molar-refractivity contribution in [2.24, 2.45) is 0 Å². The molecule has 2 heterocycles. The van der Waals surface area contributed by atoms with Crippen LogP contribution in [-0.4, -0.2) is 61.6 Å². The Balaban J connectivity index is 1.58. The van der Waals surface area contributed by atoms with Crippen molar-refractivity contribution in [1.82, 2.24) is 10.2 Å². The summed E-state index contributed by atoms with van der Waals surface area (Å²) < 4.78 is 28.9. The van der Waals surface area contributed by atoms with Gasteiger partial charge in [0.1, 0.15) is 21.6 Å². The second-order valence-electron chi connectivity index (χ2n) is 8.28. The number of carbonyl (C=O) groups is 4. The van der Waals surface area contributed by atoms with Crippen LogP contribution in [0.2, 0.25) is 0 Å². The van der Waals surface area contributed by atoms with E-state index < -0.39 is 39.6 Å². The van der Waals surface area contributed by atoms with E-state index in [1.54, 1.807) is 37.3 Å². The third-order valence-corrected chi connectivity index (χ3v) is 6.67. The maximum absolute atomic E-state index is 13.3. The molecule has 34 heavy (non-hydrogen) atoms. The van der Waals surface area contributed by atoms with Gasteiger partial charge in [-0.3, -0.25) is 24.1 Å². The van der Waals surface area contributed by atoms with Crippen molar-refractivity contribution in [1.29, 1.82) is 0 Å². The highest BCUT2D eigenvalue weighted by atomic mass is 32.2. The first kappa shape index (κ1) is 23.4. The number of sulfone groups is 1. The molecule has 2 aromatic rings. The summed E-state index contributed by atoms with van der Waals surface area (Å²) in [6, 6.07) is 9.36. The zero-order valence-electron chi connectivity index (χ0n) is 18.5. The average molecular weight is 486 g/mol. The van der Waals surface area contributed by atoms with Gasteiger partial charge in [-0.1, -0.05) is 18.2 Å². The maximum atomic E-state index is 13.3. The van der Waals surface area contributed by atoms with Crippen LogP contribution in [0.3, 0.4) is 0 Å². The van der Waals surface area contributed by atoms with Crippen molar-refractivity contribution in [2.45, 2.75) is 25.4 Å². The predicted octanol–water partition coefficient (Wildman–Crippen LogP) is 1.29. The van der Waals surface area contributed by atoms with Crippen LogP contribution in [0, 0.1) is 0 Å². The fourth-order valence-corrected chi connectivity index (χ4v) is 4.61. The molecule has 0 spiro atoms. The highest BCUT2D eigenvalue weighted by Gasteiger charge is 2.43. The number of ether oxygens (including phenoxy) is 1. The Hall–Kier alpha value is -3.73. The minimum absolute atomic E-state index is 0.0824. The number of hydrogen-bond acceptors (Lipinski definition) is 7. The number of amides is 4. The third kappa shape index (κ3) is 4.65. The first-order valence-electron chi connectivity index (χ1n) is 10.6. The number of anilines is 1. The number of carbonyl (C=O) groups excluding carboxylic acids is 4. The number of rotatable bonds is 7. The fraction of sp³-hybridized carbons (Fsp3) is 0.304. The molecule has 2 aromatic carbocycles. The molecule has 178 valence electrons. The van der Waals surface area contributed by atoms with E-state index in [0.717, 1.165) is 11.2 Å². The molecule has 2 unspecified atom stereocenters. The van der Waals surface area contributed by atoms with E-state index in [0.29, 0.717) is 17.0 Å². The second-order valence-corrected chi connectivity index (χ2v) is 10.5. The van der Waals surface area contributed by atoms with Gasteiger partial charge in [-0.2, -0.15) is 0 Å². The summed E-state index contributed by atoms with van der Waals surface area (Å²) in [7, 11) is -3.46. The van der Waals surface area contributed by atoms with Crippen molar-refractivity contribution >= 4 is 39.2 Å². The lowest BCUT2D eigenvalue weighted by atomic mass is 10.1. The van der Waals surface area contributed by atoms with Crippen LogP contribution >= 0.6 is 0 Å². The maximum Gasteiger partial charge on any atom is 0.262 e. The molecule has 2 N–H and O–H groups in total. The van der Waals surface area contributed by atoms with E-state index >= 15 is 0 Å². The number of benzene rings is 2. The molecule has 11 heteroatoms. The van der Waals surface area contributed by atoms with Gasteiger partial charge in [0.2, 0.25) is 5.91 Å². The average Bonchev–Trinajstić information content (AvgIpc) is 3.03.